The Morgan fingerprint density at radius 1 is 0.706 bits per heavy atom. The summed E-state index contributed by atoms with van der Waals surface area (Å²) in [6.07, 6.45) is 11.6. The van der Waals surface area contributed by atoms with Gasteiger partial charge in [0.15, 0.2) is 0 Å². The minimum atomic E-state index is -0.195. The van der Waals surface area contributed by atoms with E-state index < -0.39 is 0 Å². The van der Waals surface area contributed by atoms with Gasteiger partial charge in [-0.2, -0.15) is 0 Å². The number of rotatable bonds is 12. The van der Waals surface area contributed by atoms with E-state index in [0.29, 0.717) is 0 Å². The monoisotopic (exact) mass is 290 g/mol. The second kappa shape index (κ2) is 13.1. The fraction of sp³-hybridized carbons (Fsp3) is 1.00. The van der Waals surface area contributed by atoms with Crippen LogP contribution in [0.15, 0.2) is 0 Å². The van der Waals surface area contributed by atoms with Gasteiger partial charge in [0, 0.05) is 0 Å². The average Bonchev–Trinajstić information content (AvgIpc) is 2.37. The number of hydrogen-bond acceptors (Lipinski definition) is 0. The average molecular weight is 292 g/mol. The normalized spacial score (nSPS) is 14.4. The molecule has 0 rings (SSSR count). The van der Waals surface area contributed by atoms with Crippen molar-refractivity contribution in [2.45, 2.75) is 89.1 Å². The van der Waals surface area contributed by atoms with Gasteiger partial charge in [-0.1, -0.05) is 0 Å². The van der Waals surface area contributed by atoms with Crippen molar-refractivity contribution in [1.82, 2.24) is 0 Å². The molecule has 0 fully saturated rings. The maximum atomic E-state index is 2.40. The second-order valence-corrected chi connectivity index (χ2v) is 9.67. The molecular weight excluding hydrogens is 258 g/mol. The molecule has 0 saturated carbocycles. The molecule has 0 aliphatic heterocycles. The summed E-state index contributed by atoms with van der Waals surface area (Å²) in [6, 6.07) is 0. The molecule has 0 aliphatic carbocycles. The molecule has 2 atom stereocenters. The van der Waals surface area contributed by atoms with Crippen molar-refractivity contribution in [2.24, 2.45) is 11.8 Å². The van der Waals surface area contributed by atoms with E-state index in [2.05, 4.69) is 27.7 Å². The van der Waals surface area contributed by atoms with Gasteiger partial charge in [-0.15, -0.1) is 0 Å². The first-order valence-corrected chi connectivity index (χ1v) is 12.5. The molecule has 1 heteroatoms. The van der Waals surface area contributed by atoms with E-state index in [1.807, 2.05) is 0 Å². The van der Waals surface area contributed by atoms with Crippen LogP contribution in [0.2, 0.25) is 10.0 Å². The standard InChI is InChI=1S/2C8H17.Zn/c2*1-4-6-7-8(3)5-2;/h2*8H,3-7H2,1-2H3;. The molecule has 0 amide bonds. The fourth-order valence-electron chi connectivity index (χ4n) is 2.79. The zero-order valence-corrected chi connectivity index (χ0v) is 15.9. The third-order valence-electron chi connectivity index (χ3n) is 4.31. The Labute approximate surface area is 118 Å². The van der Waals surface area contributed by atoms with E-state index in [1.54, 1.807) is 10.0 Å². The Hall–Kier alpha value is 0.623. The van der Waals surface area contributed by atoms with Crippen LogP contribution in [-0.4, -0.2) is 0 Å². The molecule has 0 aromatic carbocycles. The van der Waals surface area contributed by atoms with Gasteiger partial charge in [0.1, 0.15) is 0 Å². The fourth-order valence-corrected chi connectivity index (χ4v) is 8.63. The molecule has 0 nitrogen and oxygen atoms in total. The number of unbranched alkanes of at least 4 members (excludes halogenated alkanes) is 2. The summed E-state index contributed by atoms with van der Waals surface area (Å²) in [4.78, 5) is 0. The van der Waals surface area contributed by atoms with E-state index in [9.17, 15) is 0 Å². The van der Waals surface area contributed by atoms with Gasteiger partial charge in [-0.25, -0.2) is 0 Å². The molecule has 0 saturated heterocycles. The van der Waals surface area contributed by atoms with Gasteiger partial charge in [0.05, 0.1) is 0 Å². The summed E-state index contributed by atoms with van der Waals surface area (Å²) in [7, 11) is 0. The predicted octanol–water partition coefficient (Wildman–Crippen LogP) is 6.34. The van der Waals surface area contributed by atoms with Crippen molar-refractivity contribution in [3.63, 3.8) is 0 Å². The van der Waals surface area contributed by atoms with Crippen molar-refractivity contribution >= 4 is 0 Å². The van der Waals surface area contributed by atoms with E-state index in [4.69, 9.17) is 0 Å². The Morgan fingerprint density at radius 3 is 1.41 bits per heavy atom. The molecule has 0 heterocycles. The Balaban J connectivity index is 3.61. The van der Waals surface area contributed by atoms with Crippen molar-refractivity contribution in [3.8, 4) is 0 Å². The van der Waals surface area contributed by atoms with E-state index in [0.717, 1.165) is 11.8 Å². The van der Waals surface area contributed by atoms with E-state index in [1.165, 1.54) is 51.4 Å². The van der Waals surface area contributed by atoms with Crippen molar-refractivity contribution in [3.05, 3.63) is 0 Å². The third-order valence-corrected chi connectivity index (χ3v) is 9.45. The Kier molecular flexibility index (Phi) is 13.5. The first kappa shape index (κ1) is 17.6. The van der Waals surface area contributed by atoms with Crippen LogP contribution in [0, 0.1) is 11.8 Å². The van der Waals surface area contributed by atoms with Gasteiger partial charge >= 0.3 is 118 Å². The molecule has 2 unspecified atom stereocenters. The molecule has 0 N–H and O–H groups in total. The van der Waals surface area contributed by atoms with Crippen LogP contribution in [0.4, 0.5) is 0 Å². The zero-order chi connectivity index (χ0) is 12.9. The molecule has 17 heavy (non-hydrogen) atoms. The SMILES string of the molecule is CCCCC(CC)[CH2][Zn][CH2]C(CC)CCCC. The summed E-state index contributed by atoms with van der Waals surface area (Å²) in [5.41, 5.74) is 0. The quantitative estimate of drug-likeness (QED) is 0.368. The molecule has 0 aromatic rings. The van der Waals surface area contributed by atoms with Crippen molar-refractivity contribution < 1.29 is 17.1 Å². The van der Waals surface area contributed by atoms with Crippen LogP contribution < -0.4 is 0 Å². The summed E-state index contributed by atoms with van der Waals surface area (Å²) in [5.74, 6) is 2.19. The van der Waals surface area contributed by atoms with Gasteiger partial charge in [0.2, 0.25) is 0 Å². The molecule has 0 aromatic heterocycles. The first-order chi connectivity index (χ1) is 8.28. The summed E-state index contributed by atoms with van der Waals surface area (Å²) < 4.78 is 0. The van der Waals surface area contributed by atoms with Gasteiger partial charge in [0.25, 0.3) is 0 Å². The molecule has 0 aliphatic rings. The maximum absolute atomic E-state index is 2.40. The summed E-state index contributed by atoms with van der Waals surface area (Å²) in [5, 5.41) is 3.35. The minimum absolute atomic E-state index is 0.195. The van der Waals surface area contributed by atoms with Gasteiger partial charge in [-0.05, 0) is 0 Å². The Morgan fingerprint density at radius 2 is 1.12 bits per heavy atom. The molecular formula is C16H34Zn. The number of hydrogen-bond donors (Lipinski definition) is 0. The van der Waals surface area contributed by atoms with Crippen LogP contribution in [0.5, 0.6) is 0 Å². The van der Waals surface area contributed by atoms with Gasteiger partial charge < -0.3 is 0 Å². The van der Waals surface area contributed by atoms with E-state index >= 15 is 0 Å². The molecule has 0 spiro atoms. The van der Waals surface area contributed by atoms with Crippen LogP contribution in [0.25, 0.3) is 0 Å². The first-order valence-electron chi connectivity index (χ1n) is 8.28. The zero-order valence-electron chi connectivity index (χ0n) is 12.9. The summed E-state index contributed by atoms with van der Waals surface area (Å²) in [6.45, 7) is 9.45. The predicted molar refractivity (Wildman–Crippen MR) is 76.2 cm³/mol. The van der Waals surface area contributed by atoms with Crippen LogP contribution in [0.1, 0.15) is 79.1 Å². The van der Waals surface area contributed by atoms with Gasteiger partial charge in [-0.3, -0.25) is 0 Å². The van der Waals surface area contributed by atoms with Crippen LogP contribution >= 0.6 is 0 Å². The topological polar surface area (TPSA) is 0 Å². The third kappa shape index (κ3) is 10.2. The molecule has 0 bridgehead atoms. The Bertz CT molecular complexity index is 128. The second-order valence-electron chi connectivity index (χ2n) is 5.76. The van der Waals surface area contributed by atoms with Crippen LogP contribution in [0.3, 0.4) is 0 Å². The molecule has 100 valence electrons. The van der Waals surface area contributed by atoms with Crippen molar-refractivity contribution in [1.29, 1.82) is 0 Å². The van der Waals surface area contributed by atoms with Crippen molar-refractivity contribution in [2.75, 3.05) is 0 Å². The van der Waals surface area contributed by atoms with E-state index in [-0.39, 0.29) is 17.1 Å². The molecule has 0 radical (unpaired) electrons. The summed E-state index contributed by atoms with van der Waals surface area (Å²) >= 11 is -0.195. The van der Waals surface area contributed by atoms with Crippen LogP contribution in [-0.2, 0) is 17.1 Å².